The van der Waals surface area contributed by atoms with E-state index >= 15 is 0 Å². The van der Waals surface area contributed by atoms with Crippen LogP contribution in [0.2, 0.25) is 0 Å². The van der Waals surface area contributed by atoms with Crippen LogP contribution >= 0.6 is 0 Å². The third-order valence-corrected chi connectivity index (χ3v) is 0.598. The van der Waals surface area contributed by atoms with Gasteiger partial charge >= 0.3 is 0 Å². The summed E-state index contributed by atoms with van der Waals surface area (Å²) in [7, 11) is 0. The Kier molecular flexibility index (Phi) is 2.60. The van der Waals surface area contributed by atoms with Crippen LogP contribution in [0.1, 0.15) is 12.8 Å². The summed E-state index contributed by atoms with van der Waals surface area (Å²) in [5.41, 5.74) is 0. The van der Waals surface area contributed by atoms with Crippen molar-refractivity contribution in [2.24, 2.45) is 0 Å². The van der Waals surface area contributed by atoms with E-state index in [1.54, 1.807) is 0 Å². The van der Waals surface area contributed by atoms with Crippen LogP contribution in [0.4, 0.5) is 0 Å². The minimum absolute atomic E-state index is 0.0521. The lowest BCUT2D eigenvalue weighted by atomic mass is 10.3. The summed E-state index contributed by atoms with van der Waals surface area (Å²) in [5.74, 6) is -2.68. The number of aldehydes is 1. The van der Waals surface area contributed by atoms with Crippen LogP contribution in [0.15, 0.2) is 0 Å². The fraction of sp³-hybridized carbons (Fsp3) is 0.750. The standard InChI is InChI=1S/C4H8O4/c5-3-1-2-4(6,7)8/h3,6-8H,1-2H2. The molecule has 48 valence electrons. The predicted octanol–water partition coefficient (Wildman–Crippen LogP) is -1.40. The van der Waals surface area contributed by atoms with Crippen LogP contribution in [-0.4, -0.2) is 27.6 Å². The molecule has 0 spiro atoms. The van der Waals surface area contributed by atoms with Gasteiger partial charge in [0.05, 0.1) is 0 Å². The van der Waals surface area contributed by atoms with Crippen molar-refractivity contribution in [2.75, 3.05) is 0 Å². The molecule has 0 atom stereocenters. The van der Waals surface area contributed by atoms with Gasteiger partial charge in [0.15, 0.2) is 0 Å². The van der Waals surface area contributed by atoms with Gasteiger partial charge in [0, 0.05) is 12.8 Å². The quantitative estimate of drug-likeness (QED) is 0.316. The van der Waals surface area contributed by atoms with Crippen LogP contribution in [0.5, 0.6) is 0 Å². The smallest absolute Gasteiger partial charge is 0.275 e. The van der Waals surface area contributed by atoms with Crippen molar-refractivity contribution in [1.82, 2.24) is 0 Å². The second-order valence-electron chi connectivity index (χ2n) is 1.48. The molecule has 0 amide bonds. The molecular formula is C4H8O4. The summed E-state index contributed by atoms with van der Waals surface area (Å²) in [6.07, 6.45) is 0.109. The molecule has 0 bridgehead atoms. The van der Waals surface area contributed by atoms with Gasteiger partial charge in [-0.25, -0.2) is 0 Å². The zero-order valence-corrected chi connectivity index (χ0v) is 4.24. The number of aliphatic hydroxyl groups is 3. The SMILES string of the molecule is O=CCCC(O)(O)O. The van der Waals surface area contributed by atoms with E-state index in [1.807, 2.05) is 0 Å². The molecule has 0 aromatic heterocycles. The summed E-state index contributed by atoms with van der Waals surface area (Å²) in [6.45, 7) is 0. The first-order valence-electron chi connectivity index (χ1n) is 2.17. The van der Waals surface area contributed by atoms with Crippen molar-refractivity contribution < 1.29 is 20.1 Å². The molecule has 0 aliphatic rings. The maximum atomic E-state index is 9.52. The summed E-state index contributed by atoms with van der Waals surface area (Å²) >= 11 is 0. The number of hydrogen-bond donors (Lipinski definition) is 3. The number of carbonyl (C=O) groups is 1. The van der Waals surface area contributed by atoms with Gasteiger partial charge in [0.1, 0.15) is 6.29 Å². The van der Waals surface area contributed by atoms with E-state index in [2.05, 4.69) is 0 Å². The van der Waals surface area contributed by atoms with Crippen molar-refractivity contribution in [3.05, 3.63) is 0 Å². The molecule has 0 saturated heterocycles. The highest BCUT2D eigenvalue weighted by Crippen LogP contribution is 2.00. The number of rotatable bonds is 3. The fourth-order valence-corrected chi connectivity index (χ4v) is 0.253. The Balaban J connectivity index is 3.24. The molecule has 0 rings (SSSR count). The summed E-state index contributed by atoms with van der Waals surface area (Å²) in [6, 6.07) is 0. The molecule has 0 fully saturated rings. The van der Waals surface area contributed by atoms with Gasteiger partial charge in [-0.1, -0.05) is 0 Å². The Morgan fingerprint density at radius 3 is 2.00 bits per heavy atom. The number of hydrogen-bond acceptors (Lipinski definition) is 4. The molecular weight excluding hydrogens is 112 g/mol. The Bertz CT molecular complexity index is 72.6. The normalized spacial score (nSPS) is 11.4. The average molecular weight is 120 g/mol. The van der Waals surface area contributed by atoms with E-state index in [4.69, 9.17) is 15.3 Å². The molecule has 0 aromatic carbocycles. The van der Waals surface area contributed by atoms with Gasteiger partial charge in [-0.3, -0.25) is 0 Å². The lowest BCUT2D eigenvalue weighted by Gasteiger charge is -2.10. The minimum atomic E-state index is -2.68. The van der Waals surface area contributed by atoms with Crippen LogP contribution in [0.25, 0.3) is 0 Å². The van der Waals surface area contributed by atoms with Gasteiger partial charge in [0.2, 0.25) is 0 Å². The first kappa shape index (κ1) is 7.55. The van der Waals surface area contributed by atoms with E-state index in [-0.39, 0.29) is 12.8 Å². The molecule has 8 heavy (non-hydrogen) atoms. The lowest BCUT2D eigenvalue weighted by Crippen LogP contribution is -2.26. The van der Waals surface area contributed by atoms with Gasteiger partial charge in [-0.2, -0.15) is 0 Å². The van der Waals surface area contributed by atoms with Crippen LogP contribution in [0, 0.1) is 0 Å². The molecule has 0 aliphatic heterocycles. The lowest BCUT2D eigenvalue weighted by molar-refractivity contribution is -0.313. The maximum Gasteiger partial charge on any atom is 0.275 e. The summed E-state index contributed by atoms with van der Waals surface area (Å²) in [4.78, 5) is 9.52. The van der Waals surface area contributed by atoms with Gasteiger partial charge in [-0.15, -0.1) is 0 Å². The monoisotopic (exact) mass is 120 g/mol. The van der Waals surface area contributed by atoms with Gasteiger partial charge in [-0.05, 0) is 0 Å². The molecule has 0 heterocycles. The third-order valence-electron chi connectivity index (χ3n) is 0.598. The van der Waals surface area contributed by atoms with Crippen molar-refractivity contribution >= 4 is 6.29 Å². The maximum absolute atomic E-state index is 9.52. The molecule has 3 N–H and O–H groups in total. The molecule has 0 aliphatic carbocycles. The van der Waals surface area contributed by atoms with E-state index in [9.17, 15) is 4.79 Å². The largest absolute Gasteiger partial charge is 0.344 e. The van der Waals surface area contributed by atoms with E-state index in [1.165, 1.54) is 0 Å². The fourth-order valence-electron chi connectivity index (χ4n) is 0.253. The predicted molar refractivity (Wildman–Crippen MR) is 24.7 cm³/mol. The molecule has 4 nitrogen and oxygen atoms in total. The topological polar surface area (TPSA) is 77.8 Å². The zero-order valence-electron chi connectivity index (χ0n) is 4.24. The van der Waals surface area contributed by atoms with E-state index in [0.717, 1.165) is 0 Å². The highest BCUT2D eigenvalue weighted by Gasteiger charge is 2.15. The van der Waals surface area contributed by atoms with Gasteiger partial charge < -0.3 is 20.1 Å². The van der Waals surface area contributed by atoms with Crippen LogP contribution < -0.4 is 0 Å². The first-order valence-corrected chi connectivity index (χ1v) is 2.17. The first-order chi connectivity index (χ1) is 3.56. The molecule has 4 heteroatoms. The molecule has 0 radical (unpaired) electrons. The molecule has 0 unspecified atom stereocenters. The average Bonchev–Trinajstić information content (AvgIpc) is 1.59. The van der Waals surface area contributed by atoms with Crippen molar-refractivity contribution in [1.29, 1.82) is 0 Å². The van der Waals surface area contributed by atoms with E-state index in [0.29, 0.717) is 6.29 Å². The zero-order chi connectivity index (χ0) is 6.62. The van der Waals surface area contributed by atoms with Crippen molar-refractivity contribution in [2.45, 2.75) is 18.8 Å². The van der Waals surface area contributed by atoms with Crippen molar-refractivity contribution in [3.63, 3.8) is 0 Å². The molecule has 0 aromatic rings. The number of carbonyl (C=O) groups excluding carboxylic acids is 1. The Morgan fingerprint density at radius 2 is 1.88 bits per heavy atom. The third kappa shape index (κ3) is 5.55. The summed E-state index contributed by atoms with van der Waals surface area (Å²) < 4.78 is 0. The Hall–Kier alpha value is -0.450. The van der Waals surface area contributed by atoms with Crippen LogP contribution in [0.3, 0.4) is 0 Å². The highest BCUT2D eigenvalue weighted by molar-refractivity contribution is 5.49. The highest BCUT2D eigenvalue weighted by atomic mass is 16.7. The van der Waals surface area contributed by atoms with Crippen LogP contribution in [-0.2, 0) is 4.79 Å². The van der Waals surface area contributed by atoms with Crippen molar-refractivity contribution in [3.8, 4) is 0 Å². The second kappa shape index (κ2) is 2.76. The second-order valence-corrected chi connectivity index (χ2v) is 1.48. The Morgan fingerprint density at radius 1 is 1.38 bits per heavy atom. The summed E-state index contributed by atoms with van der Waals surface area (Å²) in [5, 5.41) is 24.3. The van der Waals surface area contributed by atoms with Gasteiger partial charge in [0.25, 0.3) is 5.97 Å². The molecule has 0 saturated carbocycles. The van der Waals surface area contributed by atoms with E-state index < -0.39 is 5.97 Å². The minimum Gasteiger partial charge on any atom is -0.344 e. The Labute approximate surface area is 46.4 Å².